The lowest BCUT2D eigenvalue weighted by Gasteiger charge is -2.39. The average molecular weight is 672 g/mol. The molecule has 48 heavy (non-hydrogen) atoms. The lowest BCUT2D eigenvalue weighted by Crippen LogP contribution is -2.62. The topological polar surface area (TPSA) is 177 Å². The number of urea groups is 1. The normalized spacial score (nSPS) is 21.0. The van der Waals surface area contributed by atoms with Crippen molar-refractivity contribution in [1.82, 2.24) is 26.2 Å². The van der Waals surface area contributed by atoms with Gasteiger partial charge in [0.1, 0.15) is 23.5 Å². The Bertz CT molecular complexity index is 1530. The van der Waals surface area contributed by atoms with E-state index >= 15 is 0 Å². The molecule has 4 N–H and O–H groups in total. The Morgan fingerprint density at radius 1 is 0.938 bits per heavy atom. The number of likely N-dealkylation sites (N-methyl/N-ethyl adjacent to an activating group) is 1. The number of hydrogen-bond acceptors (Lipinski definition) is 9. The van der Waals surface area contributed by atoms with Crippen molar-refractivity contribution in [3.8, 4) is 0 Å². The second-order valence-electron chi connectivity index (χ2n) is 16.0. The van der Waals surface area contributed by atoms with Crippen LogP contribution in [0.2, 0.25) is 0 Å². The summed E-state index contributed by atoms with van der Waals surface area (Å²) in [5, 5.41) is 10.8. The van der Waals surface area contributed by atoms with Crippen LogP contribution in [-0.2, 0) is 19.2 Å². The zero-order valence-corrected chi connectivity index (χ0v) is 30.2. The first-order valence-electron chi connectivity index (χ1n) is 16.3. The molecule has 14 heteroatoms. The fraction of sp³-hybridized carbons (Fsp3) is 0.676. The van der Waals surface area contributed by atoms with Crippen LogP contribution in [0.3, 0.4) is 0 Å². The highest BCUT2D eigenvalue weighted by molar-refractivity contribution is 6.37. The molecule has 2 aliphatic rings. The summed E-state index contributed by atoms with van der Waals surface area (Å²) in [5.41, 5.74) is -1.98. The SMILES string of the molecule is C=CCNC(=O)C(=O)CNC(=O)[C@@H]1[C@@H]2[C@H](CN1C(=O)[C@@H](NC(=O)N[C@H](CN(C)c1c(N(C)C)c(=O)c1=O)C(C)(C)C)C(C)(C)C)C2(C)C. The lowest BCUT2D eigenvalue weighted by molar-refractivity contribution is -0.144. The summed E-state index contributed by atoms with van der Waals surface area (Å²) in [6, 6.07) is -3.00. The van der Waals surface area contributed by atoms with Gasteiger partial charge in [-0.15, -0.1) is 6.58 Å². The van der Waals surface area contributed by atoms with Gasteiger partial charge in [-0.3, -0.25) is 28.8 Å². The van der Waals surface area contributed by atoms with Crippen molar-refractivity contribution < 1.29 is 24.0 Å². The maximum Gasteiger partial charge on any atom is 0.315 e. The van der Waals surface area contributed by atoms with E-state index in [4.69, 9.17) is 0 Å². The van der Waals surface area contributed by atoms with Gasteiger partial charge >= 0.3 is 6.03 Å². The van der Waals surface area contributed by atoms with E-state index in [0.717, 1.165) is 0 Å². The monoisotopic (exact) mass is 671 g/mol. The van der Waals surface area contributed by atoms with Crippen LogP contribution >= 0.6 is 0 Å². The Morgan fingerprint density at radius 2 is 1.52 bits per heavy atom. The lowest BCUT2D eigenvalue weighted by atomic mass is 9.85. The van der Waals surface area contributed by atoms with Crippen molar-refractivity contribution >= 4 is 40.9 Å². The maximum atomic E-state index is 14.2. The van der Waals surface area contributed by atoms with Crippen molar-refractivity contribution in [2.75, 3.05) is 57.1 Å². The third-order valence-electron chi connectivity index (χ3n) is 9.73. The molecule has 1 aliphatic carbocycles. The second kappa shape index (κ2) is 13.7. The third kappa shape index (κ3) is 7.73. The highest BCUT2D eigenvalue weighted by atomic mass is 16.2. The van der Waals surface area contributed by atoms with Crippen LogP contribution in [0.1, 0.15) is 55.4 Å². The molecule has 0 bridgehead atoms. The van der Waals surface area contributed by atoms with Gasteiger partial charge in [-0.1, -0.05) is 61.5 Å². The number of anilines is 2. The standard InChI is InChI=1S/C34H53N7O7/c1-13-14-35-28(45)19(42)15-36-29(46)22-21-18(34(21,8)9)16-41(22)30(47)27(33(5,6)7)38-31(48)37-20(32(2,3)4)17-40(12)24-23(39(10)11)25(43)26(24)44/h13,18,20-22,27H,1,14-17H2,2-12H3,(H,35,45)(H,36,46)(H2,37,38,48)/t18-,20+,21-,22-,27+/m0/s1. The van der Waals surface area contributed by atoms with Gasteiger partial charge in [0.2, 0.25) is 17.6 Å². The molecule has 1 heterocycles. The number of piperidine rings is 1. The number of nitrogens with zero attached hydrogens (tertiary/aromatic N) is 3. The molecule has 5 atom stereocenters. The molecule has 3 rings (SSSR count). The molecule has 2 fully saturated rings. The van der Waals surface area contributed by atoms with E-state index in [1.165, 1.54) is 11.0 Å². The number of likely N-dealkylation sites (tertiary alicyclic amines) is 1. The predicted octanol–water partition coefficient (Wildman–Crippen LogP) is 0.384. The molecule has 1 aliphatic heterocycles. The fourth-order valence-electron chi connectivity index (χ4n) is 6.61. The number of nitrogens with one attached hydrogen (secondary N) is 4. The molecular weight excluding hydrogens is 618 g/mol. The fourth-order valence-corrected chi connectivity index (χ4v) is 6.61. The first-order valence-corrected chi connectivity index (χ1v) is 16.3. The molecule has 1 aromatic carbocycles. The van der Waals surface area contributed by atoms with Gasteiger partial charge in [-0.2, -0.15) is 0 Å². The van der Waals surface area contributed by atoms with E-state index in [0.29, 0.717) is 12.2 Å². The van der Waals surface area contributed by atoms with E-state index < -0.39 is 75.9 Å². The second-order valence-corrected chi connectivity index (χ2v) is 16.0. The molecule has 0 unspecified atom stereocenters. The molecule has 5 amide bonds. The smallest absolute Gasteiger partial charge is 0.315 e. The minimum absolute atomic E-state index is 0.0569. The maximum absolute atomic E-state index is 14.2. The van der Waals surface area contributed by atoms with E-state index in [1.54, 1.807) is 30.9 Å². The first-order chi connectivity index (χ1) is 22.0. The Kier molecular flexibility index (Phi) is 10.9. The molecular formula is C34H53N7O7. The predicted molar refractivity (Wildman–Crippen MR) is 185 cm³/mol. The summed E-state index contributed by atoms with van der Waals surface area (Å²) in [7, 11) is 5.06. The van der Waals surface area contributed by atoms with Crippen molar-refractivity contribution in [2.24, 2.45) is 28.1 Å². The van der Waals surface area contributed by atoms with Gasteiger partial charge in [0.25, 0.3) is 16.8 Å². The molecule has 1 aromatic rings. The van der Waals surface area contributed by atoms with Gasteiger partial charge in [0, 0.05) is 40.8 Å². The van der Waals surface area contributed by atoms with Crippen LogP contribution in [0.4, 0.5) is 16.2 Å². The summed E-state index contributed by atoms with van der Waals surface area (Å²) < 4.78 is 0. The number of carbonyl (C=O) groups is 5. The van der Waals surface area contributed by atoms with Crippen molar-refractivity contribution in [3.63, 3.8) is 0 Å². The van der Waals surface area contributed by atoms with Gasteiger partial charge < -0.3 is 36.0 Å². The summed E-state index contributed by atoms with van der Waals surface area (Å²) in [6.07, 6.45) is 1.43. The zero-order chi connectivity index (χ0) is 36.7. The summed E-state index contributed by atoms with van der Waals surface area (Å²) in [5.74, 6) is -2.72. The van der Waals surface area contributed by atoms with E-state index in [9.17, 15) is 33.6 Å². The Labute approximate surface area is 282 Å². The summed E-state index contributed by atoms with van der Waals surface area (Å²) >= 11 is 0. The number of amides is 5. The van der Waals surface area contributed by atoms with Crippen LogP contribution < -0.4 is 41.9 Å². The minimum atomic E-state index is -1.02. The minimum Gasteiger partial charge on any atom is -0.373 e. The molecule has 266 valence electrons. The van der Waals surface area contributed by atoms with E-state index in [2.05, 4.69) is 27.8 Å². The van der Waals surface area contributed by atoms with Crippen LogP contribution in [0.15, 0.2) is 22.2 Å². The van der Waals surface area contributed by atoms with Crippen molar-refractivity contribution in [3.05, 3.63) is 33.1 Å². The summed E-state index contributed by atoms with van der Waals surface area (Å²) in [6.45, 7) is 18.9. The quantitative estimate of drug-likeness (QED) is 0.171. The molecule has 0 aromatic heterocycles. The van der Waals surface area contributed by atoms with Crippen LogP contribution in [0.25, 0.3) is 0 Å². The van der Waals surface area contributed by atoms with Crippen LogP contribution in [0, 0.1) is 28.1 Å². The summed E-state index contributed by atoms with van der Waals surface area (Å²) in [4.78, 5) is 95.0. The van der Waals surface area contributed by atoms with Crippen LogP contribution in [-0.4, -0.2) is 99.9 Å². The van der Waals surface area contributed by atoms with E-state index in [-0.39, 0.29) is 36.0 Å². The Hall–Kier alpha value is -4.23. The van der Waals surface area contributed by atoms with Gasteiger partial charge in [0.05, 0.1) is 12.6 Å². The van der Waals surface area contributed by atoms with Crippen LogP contribution in [0.5, 0.6) is 0 Å². The highest BCUT2D eigenvalue weighted by Gasteiger charge is 2.69. The number of carbonyl (C=O) groups excluding carboxylic acids is 5. The van der Waals surface area contributed by atoms with Gasteiger partial charge in [-0.05, 0) is 28.1 Å². The zero-order valence-electron chi connectivity index (χ0n) is 30.2. The molecule has 0 spiro atoms. The Morgan fingerprint density at radius 3 is 2.04 bits per heavy atom. The first kappa shape index (κ1) is 38.2. The average Bonchev–Trinajstić information content (AvgIpc) is 3.27. The molecule has 14 nitrogen and oxygen atoms in total. The third-order valence-corrected chi connectivity index (χ3v) is 9.73. The number of hydrogen-bond donors (Lipinski definition) is 4. The van der Waals surface area contributed by atoms with Crippen molar-refractivity contribution in [2.45, 2.75) is 73.5 Å². The Balaban J connectivity index is 1.78. The largest absolute Gasteiger partial charge is 0.373 e. The molecule has 0 radical (unpaired) electrons. The number of ketones is 1. The number of rotatable bonds is 13. The molecule has 1 saturated heterocycles. The van der Waals surface area contributed by atoms with Gasteiger partial charge in [0.15, 0.2) is 0 Å². The van der Waals surface area contributed by atoms with E-state index in [1.807, 2.05) is 55.4 Å². The van der Waals surface area contributed by atoms with Crippen molar-refractivity contribution in [1.29, 1.82) is 0 Å². The van der Waals surface area contributed by atoms with Gasteiger partial charge in [-0.25, -0.2) is 4.79 Å². The number of Topliss-reactive ketones (excluding diaryl/α,β-unsaturated/α-hetero) is 1. The number of fused-ring (bicyclic) bond motifs is 1. The molecule has 1 saturated carbocycles. The highest BCUT2D eigenvalue weighted by Crippen LogP contribution is 2.65.